The highest BCUT2D eigenvalue weighted by molar-refractivity contribution is 5.18. The van der Waals surface area contributed by atoms with Crippen molar-refractivity contribution in [3.8, 4) is 0 Å². The van der Waals surface area contributed by atoms with Crippen LogP contribution in [0.25, 0.3) is 0 Å². The van der Waals surface area contributed by atoms with Gasteiger partial charge in [0, 0.05) is 44.8 Å². The molecule has 3 atom stereocenters. The van der Waals surface area contributed by atoms with E-state index in [1.54, 1.807) is 0 Å². The lowest BCUT2D eigenvalue weighted by Gasteiger charge is -2.43. The number of piperazine rings is 1. The number of rotatable bonds is 6. The zero-order valence-corrected chi connectivity index (χ0v) is 16.7. The highest BCUT2D eigenvalue weighted by atomic mass is 16.3. The lowest BCUT2D eigenvalue weighted by Crippen LogP contribution is -2.55. The maximum atomic E-state index is 10.5. The van der Waals surface area contributed by atoms with Crippen LogP contribution in [0.3, 0.4) is 0 Å². The van der Waals surface area contributed by atoms with E-state index in [0.29, 0.717) is 12.1 Å². The number of hydrogen-bond acceptors (Lipinski definition) is 4. The summed E-state index contributed by atoms with van der Waals surface area (Å²) in [6.07, 6.45) is 3.22. The lowest BCUT2D eigenvalue weighted by atomic mass is 9.93. The molecular formula is C24H33N3O. The number of nitrogens with zero attached hydrogens (tertiary/aromatic N) is 2. The number of aliphatic hydroxyl groups is 1. The van der Waals surface area contributed by atoms with Gasteiger partial charge in [0.25, 0.3) is 0 Å². The van der Waals surface area contributed by atoms with E-state index >= 15 is 0 Å². The third-order valence-electron chi connectivity index (χ3n) is 6.33. The summed E-state index contributed by atoms with van der Waals surface area (Å²) in [4.78, 5) is 5.10. The highest BCUT2D eigenvalue weighted by Gasteiger charge is 2.29. The molecule has 150 valence electrons. The summed E-state index contributed by atoms with van der Waals surface area (Å²) in [5, 5.41) is 14.2. The topological polar surface area (TPSA) is 38.7 Å². The molecule has 0 radical (unpaired) electrons. The van der Waals surface area contributed by atoms with Gasteiger partial charge in [-0.05, 0) is 36.9 Å². The third-order valence-corrected chi connectivity index (χ3v) is 6.33. The monoisotopic (exact) mass is 379 g/mol. The average molecular weight is 380 g/mol. The van der Waals surface area contributed by atoms with Crippen molar-refractivity contribution in [1.82, 2.24) is 15.1 Å². The van der Waals surface area contributed by atoms with Crippen molar-refractivity contribution in [2.75, 3.05) is 39.3 Å². The molecule has 2 aromatic carbocycles. The van der Waals surface area contributed by atoms with Crippen LogP contribution in [0, 0.1) is 0 Å². The van der Waals surface area contributed by atoms with Crippen LogP contribution in [0.15, 0.2) is 60.7 Å². The molecule has 0 bridgehead atoms. The van der Waals surface area contributed by atoms with Crippen LogP contribution in [-0.4, -0.2) is 66.3 Å². The molecule has 0 aliphatic carbocycles. The van der Waals surface area contributed by atoms with Gasteiger partial charge in [-0.15, -0.1) is 0 Å². The van der Waals surface area contributed by atoms with Crippen molar-refractivity contribution < 1.29 is 5.11 Å². The maximum absolute atomic E-state index is 10.5. The molecule has 0 amide bonds. The molecule has 3 unspecified atom stereocenters. The molecule has 2 aliphatic rings. The van der Waals surface area contributed by atoms with Crippen LogP contribution in [0.4, 0.5) is 0 Å². The lowest BCUT2D eigenvalue weighted by molar-refractivity contribution is 0.0449. The molecule has 0 aromatic heterocycles. The molecule has 2 N–H and O–H groups in total. The second kappa shape index (κ2) is 9.66. The van der Waals surface area contributed by atoms with Crippen molar-refractivity contribution in [3.05, 3.63) is 71.8 Å². The van der Waals surface area contributed by atoms with E-state index in [4.69, 9.17) is 0 Å². The Hall–Kier alpha value is -1.72. The molecule has 4 rings (SSSR count). The number of piperidine rings is 1. The first-order valence-electron chi connectivity index (χ1n) is 10.7. The SMILES string of the molecule is OC(CN1CCN(C2CCNC(Cc3ccccc3)C2)CC1)c1ccccc1. The zero-order valence-electron chi connectivity index (χ0n) is 16.7. The van der Waals surface area contributed by atoms with E-state index in [2.05, 4.69) is 45.4 Å². The largest absolute Gasteiger partial charge is 0.387 e. The summed E-state index contributed by atoms with van der Waals surface area (Å²) in [6.45, 7) is 6.19. The molecule has 4 heteroatoms. The van der Waals surface area contributed by atoms with Gasteiger partial charge in [-0.2, -0.15) is 0 Å². The van der Waals surface area contributed by atoms with Crippen LogP contribution >= 0.6 is 0 Å². The quantitative estimate of drug-likeness (QED) is 0.810. The van der Waals surface area contributed by atoms with Crippen LogP contribution in [-0.2, 0) is 6.42 Å². The van der Waals surface area contributed by atoms with E-state index < -0.39 is 0 Å². The van der Waals surface area contributed by atoms with E-state index in [-0.39, 0.29) is 6.10 Å². The summed E-state index contributed by atoms with van der Waals surface area (Å²) in [5.74, 6) is 0. The van der Waals surface area contributed by atoms with E-state index in [1.165, 1.54) is 18.4 Å². The van der Waals surface area contributed by atoms with Gasteiger partial charge in [-0.1, -0.05) is 60.7 Å². The molecule has 2 aliphatic heterocycles. The number of aliphatic hydroxyl groups excluding tert-OH is 1. The van der Waals surface area contributed by atoms with Crippen molar-refractivity contribution in [1.29, 1.82) is 0 Å². The molecule has 2 heterocycles. The van der Waals surface area contributed by atoms with E-state index in [1.807, 2.05) is 30.3 Å². The van der Waals surface area contributed by atoms with Gasteiger partial charge in [0.15, 0.2) is 0 Å². The van der Waals surface area contributed by atoms with Crippen LogP contribution in [0.2, 0.25) is 0 Å². The summed E-state index contributed by atoms with van der Waals surface area (Å²) in [6, 6.07) is 22.1. The van der Waals surface area contributed by atoms with Crippen LogP contribution in [0.1, 0.15) is 30.1 Å². The highest BCUT2D eigenvalue weighted by Crippen LogP contribution is 2.21. The molecule has 4 nitrogen and oxygen atoms in total. The Kier molecular flexibility index (Phi) is 6.76. The Morgan fingerprint density at radius 2 is 1.61 bits per heavy atom. The Labute approximate surface area is 169 Å². The minimum atomic E-state index is -0.387. The molecular weight excluding hydrogens is 346 g/mol. The van der Waals surface area contributed by atoms with E-state index in [0.717, 1.165) is 51.3 Å². The smallest absolute Gasteiger partial charge is 0.0916 e. The first kappa shape index (κ1) is 19.6. The molecule has 2 fully saturated rings. The summed E-state index contributed by atoms with van der Waals surface area (Å²) < 4.78 is 0. The van der Waals surface area contributed by atoms with Gasteiger partial charge < -0.3 is 10.4 Å². The molecule has 0 saturated carbocycles. The Balaban J connectivity index is 1.24. The minimum Gasteiger partial charge on any atom is -0.387 e. The van der Waals surface area contributed by atoms with Crippen molar-refractivity contribution in [3.63, 3.8) is 0 Å². The fourth-order valence-electron chi connectivity index (χ4n) is 4.71. The second-order valence-corrected chi connectivity index (χ2v) is 8.28. The standard InChI is InChI=1S/C24H33N3O/c28-24(21-9-5-2-6-10-21)19-26-13-15-27(16-14-26)23-11-12-25-22(18-23)17-20-7-3-1-4-8-20/h1-10,22-25,28H,11-19H2. The summed E-state index contributed by atoms with van der Waals surface area (Å²) in [5.41, 5.74) is 2.45. The third kappa shape index (κ3) is 5.21. The van der Waals surface area contributed by atoms with Crippen molar-refractivity contribution in [2.45, 2.75) is 37.5 Å². The first-order valence-corrected chi connectivity index (χ1v) is 10.7. The predicted octanol–water partition coefficient (Wildman–Crippen LogP) is 2.70. The van der Waals surface area contributed by atoms with Gasteiger partial charge in [0.2, 0.25) is 0 Å². The summed E-state index contributed by atoms with van der Waals surface area (Å²) in [7, 11) is 0. The molecule has 2 saturated heterocycles. The fourth-order valence-corrected chi connectivity index (χ4v) is 4.71. The average Bonchev–Trinajstić information content (AvgIpc) is 2.76. The van der Waals surface area contributed by atoms with Gasteiger partial charge in [-0.3, -0.25) is 9.80 Å². The Morgan fingerprint density at radius 1 is 0.929 bits per heavy atom. The van der Waals surface area contributed by atoms with Gasteiger partial charge in [-0.25, -0.2) is 0 Å². The first-order chi connectivity index (χ1) is 13.8. The van der Waals surface area contributed by atoms with Crippen molar-refractivity contribution in [2.24, 2.45) is 0 Å². The normalized spacial score (nSPS) is 25.5. The number of benzene rings is 2. The summed E-state index contributed by atoms with van der Waals surface area (Å²) >= 11 is 0. The second-order valence-electron chi connectivity index (χ2n) is 8.28. The van der Waals surface area contributed by atoms with Gasteiger partial charge in [0.05, 0.1) is 6.10 Å². The maximum Gasteiger partial charge on any atom is 0.0916 e. The molecule has 28 heavy (non-hydrogen) atoms. The Bertz CT molecular complexity index is 700. The van der Waals surface area contributed by atoms with E-state index in [9.17, 15) is 5.11 Å². The zero-order chi connectivity index (χ0) is 19.2. The number of β-amino-alcohol motifs (C(OH)–C–C–N with tert-alkyl or cyclic N) is 1. The Morgan fingerprint density at radius 3 is 2.32 bits per heavy atom. The van der Waals surface area contributed by atoms with Crippen LogP contribution < -0.4 is 5.32 Å². The van der Waals surface area contributed by atoms with Crippen LogP contribution in [0.5, 0.6) is 0 Å². The van der Waals surface area contributed by atoms with Gasteiger partial charge in [0.1, 0.15) is 0 Å². The fraction of sp³-hybridized carbons (Fsp3) is 0.500. The minimum absolute atomic E-state index is 0.387. The van der Waals surface area contributed by atoms with Crippen molar-refractivity contribution >= 4 is 0 Å². The predicted molar refractivity (Wildman–Crippen MR) is 114 cm³/mol. The number of nitrogens with one attached hydrogen (secondary N) is 1. The number of hydrogen-bond donors (Lipinski definition) is 2. The molecule has 2 aromatic rings. The molecule has 0 spiro atoms. The van der Waals surface area contributed by atoms with Gasteiger partial charge >= 0.3 is 0 Å².